The summed E-state index contributed by atoms with van der Waals surface area (Å²) in [6.07, 6.45) is 2.11. The third-order valence-electron chi connectivity index (χ3n) is 13.1. The van der Waals surface area contributed by atoms with E-state index in [0.717, 1.165) is 31.1 Å². The number of fused-ring (bicyclic) bond motifs is 2. The van der Waals surface area contributed by atoms with E-state index in [4.69, 9.17) is 40.5 Å². The van der Waals surface area contributed by atoms with Crippen LogP contribution in [0.25, 0.3) is 22.3 Å². The smallest absolute Gasteiger partial charge is 0.408 e. The maximum absolute atomic E-state index is 14.8. The second-order valence-corrected chi connectivity index (χ2v) is 20.4. The van der Waals surface area contributed by atoms with Crippen LogP contribution >= 0.6 is 22.9 Å². The Morgan fingerprint density at radius 3 is 2.44 bits per heavy atom. The lowest BCUT2D eigenvalue weighted by Crippen LogP contribution is -2.59. The number of ether oxygens (including phenoxy) is 4. The number of likely N-dealkylation sites (tertiary alicyclic amines) is 1. The van der Waals surface area contributed by atoms with Gasteiger partial charge in [0, 0.05) is 48.9 Å². The number of carbonyl (C=O) groups excluding carboxylic acids is 3. The lowest BCUT2D eigenvalue weighted by molar-refractivity contribution is -0.146. The average Bonchev–Trinajstić information content (AvgIpc) is 3.91. The van der Waals surface area contributed by atoms with Gasteiger partial charge < -0.3 is 44.9 Å². The summed E-state index contributed by atoms with van der Waals surface area (Å²) in [4.78, 5) is 68.5. The van der Waals surface area contributed by atoms with Gasteiger partial charge in [-0.2, -0.15) is 0 Å². The maximum atomic E-state index is 14.8. The summed E-state index contributed by atoms with van der Waals surface area (Å²) in [7, 11) is 0. The van der Waals surface area contributed by atoms with Gasteiger partial charge in [0.05, 0.1) is 31.0 Å². The molecule has 5 fully saturated rings. The Kier molecular flexibility index (Phi) is 13.0. The number of pyridine rings is 1. The second kappa shape index (κ2) is 18.2. The number of aromatic nitrogens is 2. The van der Waals surface area contributed by atoms with Gasteiger partial charge in [0.1, 0.15) is 58.7 Å². The van der Waals surface area contributed by atoms with Crippen LogP contribution in [0.3, 0.4) is 0 Å². The van der Waals surface area contributed by atoms with Crippen molar-refractivity contribution < 1.29 is 43.2 Å². The number of halogens is 1. The highest BCUT2D eigenvalue weighted by molar-refractivity contribution is 7.14. The van der Waals surface area contributed by atoms with Gasteiger partial charge in [-0.3, -0.25) is 14.5 Å². The highest BCUT2D eigenvalue weighted by Gasteiger charge is 2.61. The molecule has 342 valence electrons. The molecule has 0 radical (unpaired) electrons. The lowest BCUT2D eigenvalue weighted by Gasteiger charge is -2.35. The summed E-state index contributed by atoms with van der Waals surface area (Å²) in [5.41, 5.74) is -0.683. The summed E-state index contributed by atoms with van der Waals surface area (Å²) in [5, 5.41) is 22.7. The van der Waals surface area contributed by atoms with Gasteiger partial charge in [-0.05, 0) is 74.8 Å². The first-order valence-electron chi connectivity index (χ1n) is 22.3. The van der Waals surface area contributed by atoms with Crippen molar-refractivity contribution in [3.05, 3.63) is 28.6 Å². The van der Waals surface area contributed by atoms with Gasteiger partial charge in [0.25, 0.3) is 0 Å². The van der Waals surface area contributed by atoms with E-state index in [1.54, 1.807) is 12.1 Å². The average molecular weight is 911 g/mol. The van der Waals surface area contributed by atoms with Crippen molar-refractivity contribution in [3.63, 3.8) is 0 Å². The van der Waals surface area contributed by atoms with Crippen LogP contribution in [0.2, 0.25) is 5.02 Å². The van der Waals surface area contributed by atoms with Crippen LogP contribution in [0.4, 0.5) is 9.93 Å². The number of carbonyl (C=O) groups is 4. The molecule has 4 heterocycles. The fraction of sp³-hybridized carbons (Fsp3) is 0.644. The number of nitrogens with one attached hydrogen (secondary N) is 3. The number of thiazole rings is 1. The Morgan fingerprint density at radius 2 is 1.78 bits per heavy atom. The molecular weight excluding hydrogens is 850 g/mol. The van der Waals surface area contributed by atoms with Gasteiger partial charge in [0.2, 0.25) is 11.8 Å². The number of carboxylic acid groups (broad SMARTS) is 1. The molecule has 8 rings (SSSR count). The zero-order valence-electron chi connectivity index (χ0n) is 36.9. The normalized spacial score (nSPS) is 27.1. The fourth-order valence-electron chi connectivity index (χ4n) is 9.38. The zero-order valence-corrected chi connectivity index (χ0v) is 38.5. The Bertz CT molecular complexity index is 2200. The molecule has 1 aromatic carbocycles. The Balaban J connectivity index is 1.09. The number of alkyl carbamates (subject to hydrolysis) is 1. The number of hydrogen-bond donors (Lipinski definition) is 4. The van der Waals surface area contributed by atoms with Gasteiger partial charge >= 0.3 is 12.1 Å². The summed E-state index contributed by atoms with van der Waals surface area (Å²) in [6.45, 7) is 15.6. The zero-order chi connectivity index (χ0) is 44.8. The van der Waals surface area contributed by atoms with Crippen molar-refractivity contribution in [2.75, 3.05) is 51.3 Å². The first-order valence-corrected chi connectivity index (χ1v) is 23.6. The fourth-order valence-corrected chi connectivity index (χ4v) is 10.5. The molecular formula is C45H60ClN7O9S. The molecule has 2 aliphatic heterocycles. The number of nitrogens with zero attached hydrogens (tertiary/aromatic N) is 4. The molecule has 3 aliphatic carbocycles. The summed E-state index contributed by atoms with van der Waals surface area (Å²) >= 11 is 8.55. The van der Waals surface area contributed by atoms with Crippen molar-refractivity contribution in [2.45, 2.75) is 116 Å². The molecule has 63 heavy (non-hydrogen) atoms. The molecule has 16 nitrogen and oxygen atoms in total. The highest BCUT2D eigenvalue weighted by Crippen LogP contribution is 2.52. The standard InChI is InChI=1S/C45H60ClN7O9S/c1-7-27-21-45(27,41(56)57)51-39(54)33-19-29(22-53(33)40(55)38(44(4,5)6)50-43(58)62-28-17-25-16-26(25)18-28)61-35-20-31(32-23-63-42(49-32)47-24(2)3)48-37-30(35)8-9-34(36(37)46)60-15-12-52-10-13-59-14-11-52/h8-9,20,23-29,33,38H,7,10-19,21-22H2,1-6H3,(H,47,49)(H,50,58)(H,51,54)(H,56,57)/t25-,26+,27?,28?,29-,33+,38-,45?/m1/s1. The van der Waals surface area contributed by atoms with Crippen LogP contribution < -0.4 is 25.4 Å². The van der Waals surface area contributed by atoms with E-state index in [-0.39, 0.29) is 31.0 Å². The molecule has 18 heteroatoms. The number of carboxylic acids is 1. The largest absolute Gasteiger partial charge is 0.491 e. The first-order chi connectivity index (χ1) is 30.0. The minimum Gasteiger partial charge on any atom is -0.491 e. The van der Waals surface area contributed by atoms with Crippen molar-refractivity contribution in [1.82, 2.24) is 30.4 Å². The van der Waals surface area contributed by atoms with Gasteiger partial charge in [-0.1, -0.05) is 45.7 Å². The van der Waals surface area contributed by atoms with Gasteiger partial charge in [0.15, 0.2) is 5.13 Å². The monoisotopic (exact) mass is 909 g/mol. The Morgan fingerprint density at radius 1 is 1.03 bits per heavy atom. The van der Waals surface area contributed by atoms with E-state index in [1.165, 1.54) is 22.7 Å². The number of amides is 3. The summed E-state index contributed by atoms with van der Waals surface area (Å²) in [6, 6.07) is 3.38. The summed E-state index contributed by atoms with van der Waals surface area (Å²) < 4.78 is 24.3. The van der Waals surface area contributed by atoms with E-state index in [9.17, 15) is 24.3 Å². The molecule has 2 aromatic heterocycles. The SMILES string of the molecule is CCC1CC1(NC(=O)[C@@H]1C[C@@H](Oc2cc(-c3csc(NC(C)C)n3)nc3c(Cl)c(OCCN4CCOCC4)ccc23)CN1C(=O)[C@@H](NC(=O)OC1C[C@@H]2C[C@@H]2C1)C(C)(C)C)C(=O)O. The predicted molar refractivity (Wildman–Crippen MR) is 238 cm³/mol. The Hall–Kier alpha value is -4.45. The number of hydrogen-bond acceptors (Lipinski definition) is 13. The Labute approximate surface area is 377 Å². The van der Waals surface area contributed by atoms with Crippen molar-refractivity contribution in [3.8, 4) is 22.9 Å². The van der Waals surface area contributed by atoms with Crippen molar-refractivity contribution >= 4 is 62.8 Å². The third kappa shape index (κ3) is 9.96. The quantitative estimate of drug-likeness (QED) is 0.127. The predicted octanol–water partition coefficient (Wildman–Crippen LogP) is 6.20. The van der Waals surface area contributed by atoms with Gasteiger partial charge in [-0.15, -0.1) is 11.3 Å². The lowest BCUT2D eigenvalue weighted by atomic mass is 9.85. The van der Waals surface area contributed by atoms with Crippen molar-refractivity contribution in [1.29, 1.82) is 0 Å². The number of aliphatic carboxylic acids is 1. The van der Waals surface area contributed by atoms with E-state index in [0.29, 0.717) is 89.9 Å². The summed E-state index contributed by atoms with van der Waals surface area (Å²) in [5.74, 6) is -0.376. The second-order valence-electron chi connectivity index (χ2n) is 19.2. The van der Waals surface area contributed by atoms with E-state index in [2.05, 4.69) is 20.9 Å². The minimum absolute atomic E-state index is 0.0295. The topological polar surface area (TPSA) is 194 Å². The first kappa shape index (κ1) is 45.1. The maximum Gasteiger partial charge on any atom is 0.408 e. The minimum atomic E-state index is -1.42. The van der Waals surface area contributed by atoms with Crippen LogP contribution in [-0.2, 0) is 23.9 Å². The van der Waals surface area contributed by atoms with Crippen molar-refractivity contribution in [2.24, 2.45) is 23.2 Å². The van der Waals surface area contributed by atoms with Crippen LogP contribution in [0.5, 0.6) is 11.5 Å². The molecule has 3 aromatic rings. The van der Waals surface area contributed by atoms with Gasteiger partial charge in [-0.25, -0.2) is 19.6 Å². The molecule has 4 N–H and O–H groups in total. The number of rotatable bonds is 16. The molecule has 3 unspecified atom stereocenters. The molecule has 2 saturated heterocycles. The number of anilines is 1. The molecule has 3 amide bonds. The molecule has 5 aliphatic rings. The van der Waals surface area contributed by atoms with E-state index in [1.807, 2.05) is 53.0 Å². The van der Waals surface area contributed by atoms with E-state index >= 15 is 0 Å². The van der Waals surface area contributed by atoms with Crippen LogP contribution in [0.15, 0.2) is 23.6 Å². The number of morpholine rings is 1. The molecule has 0 spiro atoms. The van der Waals surface area contributed by atoms with E-state index < -0.39 is 53.0 Å². The molecule has 8 atom stereocenters. The van der Waals surface area contributed by atoms with Crippen LogP contribution in [0.1, 0.15) is 80.1 Å². The highest BCUT2D eigenvalue weighted by atomic mass is 35.5. The molecule has 3 saturated carbocycles. The third-order valence-corrected chi connectivity index (χ3v) is 14.2. The van der Waals surface area contributed by atoms with Crippen LogP contribution in [0, 0.1) is 23.2 Å². The molecule has 0 bridgehead atoms. The number of benzene rings is 1. The van der Waals surface area contributed by atoms with Crippen LogP contribution in [-0.4, -0.2) is 131 Å².